The summed E-state index contributed by atoms with van der Waals surface area (Å²) in [6.07, 6.45) is 4.08. The van der Waals surface area contributed by atoms with E-state index >= 15 is 0 Å². The average Bonchev–Trinajstić information content (AvgIpc) is 3.22. The van der Waals surface area contributed by atoms with Crippen LogP contribution in [0.4, 0.5) is 0 Å². The van der Waals surface area contributed by atoms with Gasteiger partial charge in [0.25, 0.3) is 0 Å². The van der Waals surface area contributed by atoms with Gasteiger partial charge < -0.3 is 0 Å². The van der Waals surface area contributed by atoms with Crippen molar-refractivity contribution in [2.24, 2.45) is 4.99 Å². The monoisotopic (exact) mass is 668 g/mol. The Morgan fingerprint density at radius 2 is 1.00 bits per heavy atom. The molecular formula is C48H36N4. The Bertz CT molecular complexity index is 2600. The summed E-state index contributed by atoms with van der Waals surface area (Å²) < 4.78 is 0. The van der Waals surface area contributed by atoms with E-state index in [1.165, 1.54) is 21.5 Å². The molecule has 4 nitrogen and oxygen atoms in total. The van der Waals surface area contributed by atoms with Crippen molar-refractivity contribution in [3.8, 4) is 56.4 Å². The van der Waals surface area contributed by atoms with Gasteiger partial charge in [-0.25, -0.2) is 15.0 Å². The Labute approximate surface area is 304 Å². The average molecular weight is 669 g/mol. The van der Waals surface area contributed by atoms with Gasteiger partial charge >= 0.3 is 0 Å². The molecule has 4 heteroatoms. The van der Waals surface area contributed by atoms with E-state index in [0.29, 0.717) is 17.5 Å². The maximum absolute atomic E-state index is 5.12. The maximum atomic E-state index is 5.12. The Balaban J connectivity index is 1.38. The minimum absolute atomic E-state index is 0.616. The topological polar surface area (TPSA) is 51.0 Å². The van der Waals surface area contributed by atoms with Gasteiger partial charge in [-0.2, -0.15) is 0 Å². The number of aliphatic imine (C=N–C) groups is 1. The zero-order chi connectivity index (χ0) is 35.4. The molecule has 0 saturated heterocycles. The Kier molecular flexibility index (Phi) is 8.87. The van der Waals surface area contributed by atoms with Crippen LogP contribution in [0.15, 0.2) is 181 Å². The van der Waals surface area contributed by atoms with Crippen molar-refractivity contribution in [1.29, 1.82) is 0 Å². The van der Waals surface area contributed by atoms with Gasteiger partial charge in [-0.15, -0.1) is 0 Å². The summed E-state index contributed by atoms with van der Waals surface area (Å²) >= 11 is 0. The van der Waals surface area contributed by atoms with Gasteiger partial charge in [-0.3, -0.25) is 4.99 Å². The molecule has 0 amide bonds. The molecule has 0 saturated carbocycles. The highest BCUT2D eigenvalue weighted by molar-refractivity contribution is 6.14. The molecule has 0 N–H and O–H groups in total. The maximum Gasteiger partial charge on any atom is 0.164 e. The second-order valence-corrected chi connectivity index (χ2v) is 12.9. The van der Waals surface area contributed by atoms with E-state index in [1.54, 1.807) is 0 Å². The van der Waals surface area contributed by atoms with E-state index in [2.05, 4.69) is 122 Å². The highest BCUT2D eigenvalue weighted by Crippen LogP contribution is 2.39. The van der Waals surface area contributed by atoms with E-state index in [9.17, 15) is 0 Å². The number of hydrogen-bond acceptors (Lipinski definition) is 4. The van der Waals surface area contributed by atoms with Crippen molar-refractivity contribution in [1.82, 2.24) is 15.0 Å². The number of rotatable bonds is 8. The van der Waals surface area contributed by atoms with E-state index < -0.39 is 0 Å². The quantitative estimate of drug-likeness (QED) is 0.0920. The third kappa shape index (κ3) is 6.58. The van der Waals surface area contributed by atoms with Gasteiger partial charge in [0, 0.05) is 22.4 Å². The molecule has 0 fully saturated rings. The number of benzene rings is 7. The fraction of sp³-hybridized carbons (Fsp3) is 0.0417. The van der Waals surface area contributed by atoms with Gasteiger partial charge in [0.05, 0.1) is 0 Å². The summed E-state index contributed by atoms with van der Waals surface area (Å²) in [6, 6.07) is 55.2. The first-order chi connectivity index (χ1) is 25.5. The molecule has 0 unspecified atom stereocenters. The van der Waals surface area contributed by atoms with Crippen LogP contribution in [0.25, 0.3) is 83.5 Å². The minimum Gasteiger partial charge on any atom is -0.269 e. The first kappa shape index (κ1) is 32.4. The minimum atomic E-state index is 0.616. The second-order valence-electron chi connectivity index (χ2n) is 12.9. The fourth-order valence-corrected chi connectivity index (χ4v) is 6.65. The molecule has 52 heavy (non-hydrogen) atoms. The fourth-order valence-electron chi connectivity index (χ4n) is 6.65. The molecule has 1 heterocycles. The lowest BCUT2D eigenvalue weighted by Gasteiger charge is -2.15. The first-order valence-corrected chi connectivity index (χ1v) is 17.4. The van der Waals surface area contributed by atoms with Gasteiger partial charge in [0.2, 0.25) is 0 Å². The van der Waals surface area contributed by atoms with Crippen molar-refractivity contribution in [3.63, 3.8) is 0 Å². The smallest absolute Gasteiger partial charge is 0.164 e. The molecule has 0 aliphatic carbocycles. The first-order valence-electron chi connectivity index (χ1n) is 17.4. The molecule has 0 bridgehead atoms. The summed E-state index contributed by atoms with van der Waals surface area (Å²) in [5.41, 5.74) is 10.3. The van der Waals surface area contributed by atoms with Crippen LogP contribution >= 0.6 is 0 Å². The van der Waals surface area contributed by atoms with Crippen molar-refractivity contribution in [2.45, 2.75) is 13.8 Å². The number of hydrogen-bond donors (Lipinski definition) is 0. The molecule has 0 aliphatic heterocycles. The highest BCUT2D eigenvalue weighted by Gasteiger charge is 2.16. The molecule has 0 spiro atoms. The summed E-state index contributed by atoms with van der Waals surface area (Å²) in [6.45, 7) is 7.72. The van der Waals surface area contributed by atoms with Crippen molar-refractivity contribution in [2.75, 3.05) is 0 Å². The number of aromatic nitrogens is 3. The molecule has 248 valence electrons. The Morgan fingerprint density at radius 3 is 1.67 bits per heavy atom. The molecule has 0 atom stereocenters. The lowest BCUT2D eigenvalue weighted by molar-refractivity contribution is 1.07. The van der Waals surface area contributed by atoms with Gasteiger partial charge in [0.1, 0.15) is 0 Å². The number of nitrogens with zero attached hydrogens (tertiary/aromatic N) is 4. The lowest BCUT2D eigenvalue weighted by atomic mass is 9.90. The molecule has 1 aromatic heterocycles. The largest absolute Gasteiger partial charge is 0.269 e. The van der Waals surface area contributed by atoms with E-state index in [0.717, 1.165) is 55.8 Å². The van der Waals surface area contributed by atoms with E-state index in [1.807, 2.05) is 73.7 Å². The summed E-state index contributed by atoms with van der Waals surface area (Å²) in [4.78, 5) is 19.2. The summed E-state index contributed by atoms with van der Waals surface area (Å²) in [5.74, 6) is 1.88. The normalized spacial score (nSPS) is 12.0. The lowest BCUT2D eigenvalue weighted by Crippen LogP contribution is -2.00. The van der Waals surface area contributed by atoms with Crippen LogP contribution in [0.3, 0.4) is 0 Å². The highest BCUT2D eigenvalue weighted by atomic mass is 15.0. The second kappa shape index (κ2) is 14.2. The molecule has 7 aromatic carbocycles. The van der Waals surface area contributed by atoms with Crippen molar-refractivity contribution >= 4 is 33.8 Å². The molecule has 8 rings (SSSR count). The predicted octanol–water partition coefficient (Wildman–Crippen LogP) is 12.5. The van der Waals surface area contributed by atoms with Crippen LogP contribution < -0.4 is 0 Å². The molecule has 0 radical (unpaired) electrons. The SMILES string of the molecule is C=N/C(C)=C\C=C(/C)c1cccc(-c2cc(-c3nc(-c4ccccc4)nc(-c4ccccc4)n3)cc(-c3cc4ccccc4c4ccccc34)c2)c1. The van der Waals surface area contributed by atoms with Crippen molar-refractivity contribution < 1.29 is 0 Å². The molecule has 8 aromatic rings. The van der Waals surface area contributed by atoms with Gasteiger partial charge in [0.15, 0.2) is 17.5 Å². The zero-order valence-electron chi connectivity index (χ0n) is 29.2. The van der Waals surface area contributed by atoms with Gasteiger partial charge in [-0.05, 0) is 112 Å². The van der Waals surface area contributed by atoms with E-state index in [4.69, 9.17) is 15.0 Å². The van der Waals surface area contributed by atoms with Crippen LogP contribution in [0.2, 0.25) is 0 Å². The van der Waals surface area contributed by atoms with Crippen LogP contribution in [-0.2, 0) is 0 Å². The zero-order valence-corrected chi connectivity index (χ0v) is 29.2. The third-order valence-electron chi connectivity index (χ3n) is 9.44. The Hall–Kier alpha value is -6.78. The Morgan fingerprint density at radius 1 is 0.462 bits per heavy atom. The molecule has 0 aliphatic rings. The molecular weight excluding hydrogens is 633 g/mol. The van der Waals surface area contributed by atoms with E-state index in [-0.39, 0.29) is 0 Å². The number of allylic oxidation sites excluding steroid dienone is 4. The number of fused-ring (bicyclic) bond motifs is 3. The van der Waals surface area contributed by atoms with Gasteiger partial charge in [-0.1, -0.05) is 133 Å². The van der Waals surface area contributed by atoms with Crippen LogP contribution in [0.1, 0.15) is 19.4 Å². The third-order valence-corrected chi connectivity index (χ3v) is 9.44. The van der Waals surface area contributed by atoms with Crippen molar-refractivity contribution in [3.05, 3.63) is 181 Å². The standard InChI is InChI=1S/C48H36N4/c1-32(25-26-33(2)49-3)36-20-14-21-37(27-36)39-28-40(45-31-38-19-10-11-22-42(38)43-23-12-13-24-44(43)45)30-41(29-39)48-51-46(34-15-6-4-7-16-34)50-47(52-48)35-17-8-5-9-18-35/h4-31H,3H2,1-2H3/b32-25+,33-26-. The summed E-state index contributed by atoms with van der Waals surface area (Å²) in [5, 5.41) is 4.85. The summed E-state index contributed by atoms with van der Waals surface area (Å²) in [7, 11) is 0. The predicted molar refractivity (Wildman–Crippen MR) is 219 cm³/mol. The van der Waals surface area contributed by atoms with Crippen LogP contribution in [0, 0.1) is 0 Å². The van der Waals surface area contributed by atoms with Crippen LogP contribution in [0.5, 0.6) is 0 Å². The van der Waals surface area contributed by atoms with Crippen LogP contribution in [-0.4, -0.2) is 21.7 Å².